The van der Waals surface area contributed by atoms with E-state index < -0.39 is 17.8 Å². The summed E-state index contributed by atoms with van der Waals surface area (Å²) in [7, 11) is 0. The minimum Gasteiger partial charge on any atom is -0.481 e. The van der Waals surface area contributed by atoms with Gasteiger partial charge in [-0.15, -0.1) is 0 Å². The molecular weight excluding hydrogens is 400 g/mol. The minimum atomic E-state index is -1.12. The summed E-state index contributed by atoms with van der Waals surface area (Å²) in [5, 5.41) is 23.7. The van der Waals surface area contributed by atoms with Gasteiger partial charge in [0, 0.05) is 48.4 Å². The molecular formula is C21H22N6O4. The Kier molecular flexibility index (Phi) is 6.61. The Morgan fingerprint density at radius 3 is 2.45 bits per heavy atom. The zero-order valence-electron chi connectivity index (χ0n) is 16.5. The van der Waals surface area contributed by atoms with E-state index in [2.05, 4.69) is 20.6 Å². The Bertz CT molecular complexity index is 1130. The monoisotopic (exact) mass is 422 g/mol. The van der Waals surface area contributed by atoms with E-state index in [0.717, 1.165) is 10.8 Å². The number of nitrogens with zero attached hydrogens (tertiary/aromatic N) is 1. The number of aromatic nitrogens is 2. The Morgan fingerprint density at radius 1 is 1.10 bits per heavy atom. The number of carboxylic acid groups (broad SMARTS) is 1. The molecule has 0 saturated carbocycles. The summed E-state index contributed by atoms with van der Waals surface area (Å²) in [4.78, 5) is 42.4. The molecule has 1 heterocycles. The number of aromatic amines is 1. The molecule has 0 saturated heterocycles. The molecule has 31 heavy (non-hydrogen) atoms. The minimum absolute atomic E-state index is 0.0695. The van der Waals surface area contributed by atoms with Crippen molar-refractivity contribution in [1.29, 1.82) is 5.41 Å². The van der Waals surface area contributed by atoms with Gasteiger partial charge in [-0.05, 0) is 17.5 Å². The highest BCUT2D eigenvalue weighted by Gasteiger charge is 2.23. The first kappa shape index (κ1) is 21.5. The van der Waals surface area contributed by atoms with Crippen LogP contribution in [0.25, 0.3) is 10.8 Å². The van der Waals surface area contributed by atoms with Gasteiger partial charge in [-0.3, -0.25) is 19.8 Å². The van der Waals surface area contributed by atoms with E-state index in [1.807, 2.05) is 24.3 Å². The molecule has 160 valence electrons. The van der Waals surface area contributed by atoms with E-state index in [1.165, 1.54) is 12.4 Å². The van der Waals surface area contributed by atoms with Crippen molar-refractivity contribution in [3.05, 3.63) is 60.2 Å². The molecule has 0 aliphatic heterocycles. The smallest absolute Gasteiger partial charge is 0.316 e. The number of nitrogens with one attached hydrogen (secondary N) is 4. The maximum absolute atomic E-state index is 12.3. The number of hydrogen-bond acceptors (Lipinski definition) is 5. The molecule has 10 nitrogen and oxygen atoms in total. The Labute approximate surface area is 177 Å². The third-order valence-corrected chi connectivity index (χ3v) is 4.72. The first-order chi connectivity index (χ1) is 14.9. The number of H-pyrrole nitrogens is 1. The highest BCUT2D eigenvalue weighted by Crippen LogP contribution is 2.26. The van der Waals surface area contributed by atoms with Gasteiger partial charge in [-0.25, -0.2) is 4.98 Å². The summed E-state index contributed by atoms with van der Waals surface area (Å²) in [5.41, 5.74) is 6.74. The molecule has 7 N–H and O–H groups in total. The van der Waals surface area contributed by atoms with Crippen molar-refractivity contribution >= 4 is 40.1 Å². The van der Waals surface area contributed by atoms with Gasteiger partial charge < -0.3 is 26.5 Å². The van der Waals surface area contributed by atoms with Crippen molar-refractivity contribution in [2.75, 3.05) is 11.9 Å². The molecule has 3 rings (SSSR count). The highest BCUT2D eigenvalue weighted by molar-refractivity contribution is 6.12. The highest BCUT2D eigenvalue weighted by atomic mass is 16.4. The number of amidine groups is 1. The van der Waals surface area contributed by atoms with E-state index in [4.69, 9.17) is 11.1 Å². The first-order valence-corrected chi connectivity index (χ1v) is 9.51. The van der Waals surface area contributed by atoms with Crippen LogP contribution in [0.5, 0.6) is 0 Å². The maximum atomic E-state index is 12.3. The van der Waals surface area contributed by atoms with Crippen LogP contribution in [0.1, 0.15) is 30.1 Å². The van der Waals surface area contributed by atoms with Crippen LogP contribution in [0.15, 0.2) is 48.8 Å². The number of imidazole rings is 1. The molecule has 1 atom stereocenters. The Hall–Kier alpha value is -4.21. The van der Waals surface area contributed by atoms with Crippen molar-refractivity contribution in [2.24, 2.45) is 5.73 Å². The third-order valence-electron chi connectivity index (χ3n) is 4.72. The normalized spacial score (nSPS) is 11.6. The number of rotatable bonds is 9. The predicted molar refractivity (Wildman–Crippen MR) is 115 cm³/mol. The average molecular weight is 422 g/mol. The van der Waals surface area contributed by atoms with Gasteiger partial charge >= 0.3 is 5.97 Å². The van der Waals surface area contributed by atoms with E-state index in [0.29, 0.717) is 11.3 Å². The Balaban J connectivity index is 1.57. The van der Waals surface area contributed by atoms with E-state index >= 15 is 0 Å². The number of carbonyl (C=O) groups excluding carboxylic acids is 2. The standard InChI is InChI=1S/C21H22N6O4/c22-19(23)14-5-6-16(13-4-2-1-3-12(13)14)27-18(29)8-7-17(28)26-11-15(21(30)31)20-24-9-10-25-20/h1-6,9-10,15H,7-8,11H2,(H3,22,23)(H,24,25)(H,26,28)(H,27,29)(H,30,31). The molecule has 0 spiro atoms. The lowest BCUT2D eigenvalue weighted by Gasteiger charge is -2.13. The van der Waals surface area contributed by atoms with Gasteiger partial charge in [0.25, 0.3) is 0 Å². The number of nitrogens with two attached hydrogens (primary N) is 1. The van der Waals surface area contributed by atoms with Crippen LogP contribution < -0.4 is 16.4 Å². The largest absolute Gasteiger partial charge is 0.481 e. The molecule has 2 aromatic carbocycles. The molecule has 1 aromatic heterocycles. The summed E-state index contributed by atoms with van der Waals surface area (Å²) >= 11 is 0. The molecule has 0 aliphatic rings. The SMILES string of the molecule is N=C(N)c1ccc(NC(=O)CCC(=O)NCC(C(=O)O)c2ncc[nH]2)c2ccccc12. The van der Waals surface area contributed by atoms with Crippen molar-refractivity contribution in [3.8, 4) is 0 Å². The third kappa shape index (κ3) is 5.24. The van der Waals surface area contributed by atoms with Crippen molar-refractivity contribution < 1.29 is 19.5 Å². The molecule has 1 unspecified atom stereocenters. The second-order valence-corrected chi connectivity index (χ2v) is 6.84. The zero-order chi connectivity index (χ0) is 22.4. The summed E-state index contributed by atoms with van der Waals surface area (Å²) < 4.78 is 0. The fourth-order valence-corrected chi connectivity index (χ4v) is 3.16. The van der Waals surface area contributed by atoms with E-state index in [9.17, 15) is 19.5 Å². The number of carboxylic acids is 1. The van der Waals surface area contributed by atoms with Crippen LogP contribution in [0.3, 0.4) is 0 Å². The Morgan fingerprint density at radius 2 is 1.81 bits per heavy atom. The van der Waals surface area contributed by atoms with Crippen LogP contribution >= 0.6 is 0 Å². The summed E-state index contributed by atoms with van der Waals surface area (Å²) in [6.45, 7) is -0.138. The summed E-state index contributed by atoms with van der Waals surface area (Å²) in [6, 6.07) is 10.6. The number of nitrogen functional groups attached to an aromatic ring is 1. The molecule has 0 fully saturated rings. The summed E-state index contributed by atoms with van der Waals surface area (Å²) in [5.74, 6) is -2.75. The number of aliphatic carboxylic acids is 1. The molecule has 3 aromatic rings. The van der Waals surface area contributed by atoms with Crippen LogP contribution in [-0.2, 0) is 14.4 Å². The lowest BCUT2D eigenvalue weighted by molar-refractivity contribution is -0.139. The number of fused-ring (bicyclic) bond motifs is 1. The van der Waals surface area contributed by atoms with Gasteiger partial charge in [0.05, 0.1) is 0 Å². The number of amides is 2. The number of benzene rings is 2. The van der Waals surface area contributed by atoms with E-state index in [-0.39, 0.29) is 37.0 Å². The predicted octanol–water partition coefficient (Wildman–Crippen LogP) is 1.55. The average Bonchev–Trinajstić information content (AvgIpc) is 3.26. The number of anilines is 1. The van der Waals surface area contributed by atoms with Gasteiger partial charge in [-0.1, -0.05) is 24.3 Å². The summed E-state index contributed by atoms with van der Waals surface area (Å²) in [6.07, 6.45) is 2.76. The van der Waals surface area contributed by atoms with Crippen molar-refractivity contribution in [2.45, 2.75) is 18.8 Å². The van der Waals surface area contributed by atoms with Gasteiger partial charge in [0.1, 0.15) is 17.6 Å². The fourth-order valence-electron chi connectivity index (χ4n) is 3.16. The topological polar surface area (TPSA) is 174 Å². The lowest BCUT2D eigenvalue weighted by atomic mass is 10.0. The second kappa shape index (κ2) is 9.53. The fraction of sp³-hybridized carbons (Fsp3) is 0.190. The molecule has 2 amide bonds. The molecule has 0 radical (unpaired) electrons. The second-order valence-electron chi connectivity index (χ2n) is 6.84. The lowest BCUT2D eigenvalue weighted by Crippen LogP contribution is -2.32. The molecule has 0 aliphatic carbocycles. The number of hydrogen-bond donors (Lipinski definition) is 6. The molecule has 0 bridgehead atoms. The van der Waals surface area contributed by atoms with Crippen molar-refractivity contribution in [3.63, 3.8) is 0 Å². The van der Waals surface area contributed by atoms with Crippen molar-refractivity contribution in [1.82, 2.24) is 15.3 Å². The van der Waals surface area contributed by atoms with Crippen LogP contribution in [0.2, 0.25) is 0 Å². The van der Waals surface area contributed by atoms with Crippen LogP contribution in [0, 0.1) is 5.41 Å². The molecule has 10 heteroatoms. The van der Waals surface area contributed by atoms with Crippen LogP contribution in [-0.4, -0.2) is 45.2 Å². The van der Waals surface area contributed by atoms with Gasteiger partial charge in [0.2, 0.25) is 11.8 Å². The van der Waals surface area contributed by atoms with E-state index in [1.54, 1.807) is 12.1 Å². The number of carbonyl (C=O) groups is 3. The maximum Gasteiger partial charge on any atom is 0.316 e. The quantitative estimate of drug-likeness (QED) is 0.225. The van der Waals surface area contributed by atoms with Crippen LogP contribution in [0.4, 0.5) is 5.69 Å². The van der Waals surface area contributed by atoms with Gasteiger partial charge in [0.15, 0.2) is 0 Å². The van der Waals surface area contributed by atoms with Gasteiger partial charge in [-0.2, -0.15) is 0 Å². The zero-order valence-corrected chi connectivity index (χ0v) is 16.5. The first-order valence-electron chi connectivity index (χ1n) is 9.51.